The van der Waals surface area contributed by atoms with E-state index in [1.54, 1.807) is 0 Å². The fourth-order valence-electron chi connectivity index (χ4n) is 1.89. The molecule has 0 fully saturated rings. The Morgan fingerprint density at radius 1 is 0.800 bits per heavy atom. The van der Waals surface area contributed by atoms with Crippen molar-refractivity contribution in [3.8, 4) is 0 Å². The summed E-state index contributed by atoms with van der Waals surface area (Å²) in [6.07, 6.45) is 23.4. The summed E-state index contributed by atoms with van der Waals surface area (Å²) >= 11 is 0. The highest BCUT2D eigenvalue weighted by molar-refractivity contribution is 5.66. The van der Waals surface area contributed by atoms with Crippen molar-refractivity contribution < 1.29 is 9.90 Å². The molecule has 0 spiro atoms. The lowest BCUT2D eigenvalue weighted by molar-refractivity contribution is -0.137. The minimum atomic E-state index is -0.716. The number of carboxylic acids is 1. The first kappa shape index (κ1) is 18.7. The summed E-state index contributed by atoms with van der Waals surface area (Å²) in [5.41, 5.74) is 0. The minimum Gasteiger partial charge on any atom is -0.481 e. The smallest absolute Gasteiger partial charge is 0.303 e. The highest BCUT2D eigenvalue weighted by Crippen LogP contribution is 2.07. The number of aliphatic carboxylic acids is 1. The van der Waals surface area contributed by atoms with E-state index < -0.39 is 5.97 Å². The molecular formula is C18H30O2. The largest absolute Gasteiger partial charge is 0.481 e. The molecule has 0 unspecified atom stereocenters. The van der Waals surface area contributed by atoms with Crippen LogP contribution in [0, 0.1) is 0 Å². The molecule has 0 aliphatic rings. The molecule has 0 heterocycles. The van der Waals surface area contributed by atoms with Gasteiger partial charge in [0.15, 0.2) is 0 Å². The summed E-state index contributed by atoms with van der Waals surface area (Å²) < 4.78 is 0. The Kier molecular flexibility index (Phi) is 14.7. The molecule has 0 radical (unpaired) electrons. The fraction of sp³-hybridized carbons (Fsp3) is 0.611. The summed E-state index contributed by atoms with van der Waals surface area (Å²) in [7, 11) is 0. The van der Waals surface area contributed by atoms with Crippen molar-refractivity contribution in [2.24, 2.45) is 0 Å². The van der Waals surface area contributed by atoms with Gasteiger partial charge in [0, 0.05) is 6.42 Å². The number of hydrogen-bond donors (Lipinski definition) is 1. The molecule has 114 valence electrons. The number of hydrogen-bond acceptors (Lipinski definition) is 1. The van der Waals surface area contributed by atoms with Crippen LogP contribution in [0.3, 0.4) is 0 Å². The van der Waals surface area contributed by atoms with Crippen molar-refractivity contribution in [1.82, 2.24) is 0 Å². The molecule has 2 heteroatoms. The van der Waals surface area contributed by atoms with Crippen molar-refractivity contribution in [3.05, 3.63) is 36.5 Å². The van der Waals surface area contributed by atoms with Crippen LogP contribution in [-0.4, -0.2) is 11.1 Å². The van der Waals surface area contributed by atoms with Crippen LogP contribution in [0.25, 0.3) is 0 Å². The third-order valence-corrected chi connectivity index (χ3v) is 3.09. The number of carboxylic acid groups (broad SMARTS) is 1. The van der Waals surface area contributed by atoms with Crippen molar-refractivity contribution in [1.29, 1.82) is 0 Å². The fourth-order valence-corrected chi connectivity index (χ4v) is 1.89. The molecule has 0 saturated heterocycles. The molecule has 0 aromatic carbocycles. The maximum absolute atomic E-state index is 10.3. The molecule has 0 amide bonds. The molecule has 0 aliphatic heterocycles. The van der Waals surface area contributed by atoms with E-state index in [0.29, 0.717) is 6.42 Å². The lowest BCUT2D eigenvalue weighted by Gasteiger charge is -1.97. The lowest BCUT2D eigenvalue weighted by Crippen LogP contribution is -1.92. The molecule has 0 saturated carbocycles. The molecule has 1 N–H and O–H groups in total. The van der Waals surface area contributed by atoms with E-state index >= 15 is 0 Å². The Morgan fingerprint density at radius 3 is 1.95 bits per heavy atom. The van der Waals surface area contributed by atoms with E-state index in [9.17, 15) is 4.79 Å². The average Bonchev–Trinajstić information content (AvgIpc) is 2.43. The first-order valence-electron chi connectivity index (χ1n) is 7.97. The zero-order chi connectivity index (χ0) is 14.9. The normalized spacial score (nSPS) is 12.1. The molecule has 2 nitrogen and oxygen atoms in total. The second-order valence-electron chi connectivity index (χ2n) is 5.08. The summed E-state index contributed by atoms with van der Waals surface area (Å²) in [4.78, 5) is 10.3. The number of carbonyl (C=O) groups is 1. The first-order valence-corrected chi connectivity index (χ1v) is 7.97. The van der Waals surface area contributed by atoms with Crippen LogP contribution in [0.2, 0.25) is 0 Å². The number of allylic oxidation sites excluding steroid dienone is 6. The average molecular weight is 278 g/mol. The zero-order valence-corrected chi connectivity index (χ0v) is 12.9. The molecule has 0 rings (SSSR count). The Labute approximate surface area is 124 Å². The highest BCUT2D eigenvalue weighted by Gasteiger charge is 1.92. The van der Waals surface area contributed by atoms with Gasteiger partial charge in [0.2, 0.25) is 0 Å². The SMILES string of the molecule is CCCCCCCCC=CC=CC=CCCCC(=O)O. The zero-order valence-electron chi connectivity index (χ0n) is 12.9. The van der Waals surface area contributed by atoms with Crippen LogP contribution in [0.5, 0.6) is 0 Å². The number of unbranched alkanes of at least 4 members (excludes halogenated alkanes) is 7. The molecule has 0 atom stereocenters. The van der Waals surface area contributed by atoms with E-state index in [4.69, 9.17) is 5.11 Å². The summed E-state index contributed by atoms with van der Waals surface area (Å²) in [6.45, 7) is 2.25. The van der Waals surface area contributed by atoms with Gasteiger partial charge in [-0.2, -0.15) is 0 Å². The summed E-state index contributed by atoms with van der Waals surface area (Å²) in [6, 6.07) is 0. The van der Waals surface area contributed by atoms with E-state index in [2.05, 4.69) is 19.1 Å². The van der Waals surface area contributed by atoms with Crippen LogP contribution < -0.4 is 0 Å². The van der Waals surface area contributed by atoms with Gasteiger partial charge in [-0.3, -0.25) is 4.79 Å². The van der Waals surface area contributed by atoms with E-state index in [0.717, 1.165) is 6.42 Å². The molecule has 0 aromatic rings. The highest BCUT2D eigenvalue weighted by atomic mass is 16.4. The first-order chi connectivity index (χ1) is 9.77. The van der Waals surface area contributed by atoms with Crippen LogP contribution in [0.4, 0.5) is 0 Å². The van der Waals surface area contributed by atoms with Gasteiger partial charge in [0.05, 0.1) is 0 Å². The predicted octanol–water partition coefficient (Wildman–Crippen LogP) is 5.66. The summed E-state index contributed by atoms with van der Waals surface area (Å²) in [5, 5.41) is 8.47. The standard InChI is InChI=1S/C18H30O2/c1-2-3-4-5-6-7-8-9-10-11-12-13-14-15-16-17-18(19)20/h9-14H,2-8,15-17H2,1H3,(H,19,20). The molecule has 20 heavy (non-hydrogen) atoms. The topological polar surface area (TPSA) is 37.3 Å². The third-order valence-electron chi connectivity index (χ3n) is 3.09. The molecule has 0 bridgehead atoms. The minimum absolute atomic E-state index is 0.256. The van der Waals surface area contributed by atoms with Crippen LogP contribution in [-0.2, 0) is 4.79 Å². The maximum Gasteiger partial charge on any atom is 0.303 e. The van der Waals surface area contributed by atoms with Gasteiger partial charge in [-0.05, 0) is 25.7 Å². The van der Waals surface area contributed by atoms with Gasteiger partial charge in [-0.1, -0.05) is 75.5 Å². The van der Waals surface area contributed by atoms with Gasteiger partial charge >= 0.3 is 5.97 Å². The van der Waals surface area contributed by atoms with E-state index in [1.807, 2.05) is 24.3 Å². The van der Waals surface area contributed by atoms with E-state index in [-0.39, 0.29) is 6.42 Å². The van der Waals surface area contributed by atoms with Crippen LogP contribution in [0.1, 0.15) is 71.1 Å². The van der Waals surface area contributed by atoms with Gasteiger partial charge in [0.1, 0.15) is 0 Å². The van der Waals surface area contributed by atoms with Gasteiger partial charge in [-0.25, -0.2) is 0 Å². The lowest BCUT2D eigenvalue weighted by atomic mass is 10.1. The number of rotatable bonds is 13. The Bertz CT molecular complexity index is 301. The Balaban J connectivity index is 3.34. The van der Waals surface area contributed by atoms with E-state index in [1.165, 1.54) is 44.9 Å². The molecule has 0 aromatic heterocycles. The van der Waals surface area contributed by atoms with Gasteiger partial charge < -0.3 is 5.11 Å². The predicted molar refractivity (Wildman–Crippen MR) is 86.9 cm³/mol. The van der Waals surface area contributed by atoms with Crippen LogP contribution >= 0.6 is 0 Å². The van der Waals surface area contributed by atoms with Crippen LogP contribution in [0.15, 0.2) is 36.5 Å². The van der Waals surface area contributed by atoms with Crippen molar-refractivity contribution in [2.45, 2.75) is 71.1 Å². The Hall–Kier alpha value is -1.31. The second kappa shape index (κ2) is 15.7. The van der Waals surface area contributed by atoms with Crippen molar-refractivity contribution in [2.75, 3.05) is 0 Å². The molecule has 0 aliphatic carbocycles. The van der Waals surface area contributed by atoms with Gasteiger partial charge in [0.25, 0.3) is 0 Å². The maximum atomic E-state index is 10.3. The Morgan fingerprint density at radius 2 is 1.35 bits per heavy atom. The van der Waals surface area contributed by atoms with Crippen molar-refractivity contribution in [3.63, 3.8) is 0 Å². The quantitative estimate of drug-likeness (QED) is 0.348. The second-order valence-corrected chi connectivity index (χ2v) is 5.08. The summed E-state index contributed by atoms with van der Waals surface area (Å²) in [5.74, 6) is -0.716. The third kappa shape index (κ3) is 16.7. The monoisotopic (exact) mass is 278 g/mol. The van der Waals surface area contributed by atoms with Crippen molar-refractivity contribution >= 4 is 5.97 Å². The van der Waals surface area contributed by atoms with Gasteiger partial charge in [-0.15, -0.1) is 0 Å². The molecular weight excluding hydrogens is 248 g/mol.